The van der Waals surface area contributed by atoms with E-state index in [1.165, 1.54) is 18.5 Å². The predicted octanol–water partition coefficient (Wildman–Crippen LogP) is 3.58. The molecule has 1 aliphatic carbocycles. The van der Waals surface area contributed by atoms with Gasteiger partial charge in [-0.25, -0.2) is 14.4 Å². The first kappa shape index (κ1) is 19.0. The van der Waals surface area contributed by atoms with Crippen LogP contribution >= 0.6 is 0 Å². The fourth-order valence-electron chi connectivity index (χ4n) is 4.20. The van der Waals surface area contributed by atoms with Crippen molar-refractivity contribution < 1.29 is 18.7 Å². The largest absolute Gasteiger partial charge is 0.442 e. The van der Waals surface area contributed by atoms with E-state index in [4.69, 9.17) is 4.42 Å². The van der Waals surface area contributed by atoms with Crippen LogP contribution in [0.15, 0.2) is 35.0 Å². The number of aromatic nitrogens is 2. The van der Waals surface area contributed by atoms with Crippen molar-refractivity contribution in [2.45, 2.75) is 50.8 Å². The second kappa shape index (κ2) is 6.77. The lowest BCUT2D eigenvalue weighted by Crippen LogP contribution is -2.33. The number of fused-ring (bicyclic) bond motifs is 1. The first-order chi connectivity index (χ1) is 14.4. The molecule has 30 heavy (non-hydrogen) atoms. The number of hydrogen-bond donors (Lipinski definition) is 2. The van der Waals surface area contributed by atoms with Gasteiger partial charge in [0.05, 0.1) is 23.1 Å². The normalized spacial score (nSPS) is 22.5. The van der Waals surface area contributed by atoms with Crippen LogP contribution in [0.2, 0.25) is 0 Å². The van der Waals surface area contributed by atoms with E-state index in [2.05, 4.69) is 22.2 Å². The van der Waals surface area contributed by atoms with Gasteiger partial charge in [-0.05, 0) is 50.8 Å². The first-order valence-electron chi connectivity index (χ1n) is 10.1. The van der Waals surface area contributed by atoms with Crippen LogP contribution in [0.4, 0.5) is 10.2 Å². The van der Waals surface area contributed by atoms with Crippen molar-refractivity contribution in [3.8, 4) is 0 Å². The number of aryl methyl sites for hydroxylation is 1. The molecule has 1 aliphatic heterocycles. The number of benzene rings is 1. The highest BCUT2D eigenvalue weighted by Gasteiger charge is 2.41. The minimum atomic E-state index is -0.725. The van der Waals surface area contributed by atoms with E-state index in [0.29, 0.717) is 46.8 Å². The van der Waals surface area contributed by atoms with Crippen molar-refractivity contribution in [2.24, 2.45) is 0 Å². The number of amides is 1. The Hall–Kier alpha value is -3.00. The lowest BCUT2D eigenvalue weighted by molar-refractivity contribution is 0.0638. The molecule has 156 valence electrons. The number of carbonyl (C=O) groups excluding carboxylic acids is 1. The van der Waals surface area contributed by atoms with E-state index in [-0.39, 0.29) is 17.3 Å². The number of nitrogens with zero attached hydrogens (tertiary/aromatic N) is 3. The van der Waals surface area contributed by atoms with E-state index < -0.39 is 12.1 Å². The van der Waals surface area contributed by atoms with Gasteiger partial charge in [0.25, 0.3) is 5.91 Å². The third-order valence-electron chi connectivity index (χ3n) is 6.14. The van der Waals surface area contributed by atoms with E-state index >= 15 is 0 Å². The molecule has 0 bridgehead atoms. The molecule has 2 N–H and O–H groups in total. The van der Waals surface area contributed by atoms with Crippen molar-refractivity contribution in [1.82, 2.24) is 14.9 Å². The lowest BCUT2D eigenvalue weighted by Gasteiger charge is -2.27. The molecule has 2 aromatic heterocycles. The number of anilines is 1. The highest BCUT2D eigenvalue weighted by Crippen LogP contribution is 2.41. The molecule has 3 aromatic rings. The fourth-order valence-corrected chi connectivity index (χ4v) is 4.20. The Kier molecular flexibility index (Phi) is 4.28. The second-order valence-electron chi connectivity index (χ2n) is 8.47. The number of furan rings is 1. The summed E-state index contributed by atoms with van der Waals surface area (Å²) in [4.78, 5) is 23.9. The molecule has 1 saturated heterocycles. The zero-order valence-corrected chi connectivity index (χ0v) is 16.9. The molecular weight excluding hydrogens is 387 g/mol. The van der Waals surface area contributed by atoms with Crippen molar-refractivity contribution in [1.29, 1.82) is 0 Å². The molecule has 1 aromatic carbocycles. The number of carbonyl (C=O) groups is 1. The summed E-state index contributed by atoms with van der Waals surface area (Å²) in [5, 5.41) is 14.6. The zero-order valence-electron chi connectivity index (χ0n) is 16.9. The summed E-state index contributed by atoms with van der Waals surface area (Å²) >= 11 is 0. The minimum Gasteiger partial charge on any atom is -0.442 e. The summed E-state index contributed by atoms with van der Waals surface area (Å²) in [5.41, 5.74) is 1.42. The van der Waals surface area contributed by atoms with Gasteiger partial charge in [-0.2, -0.15) is 0 Å². The van der Waals surface area contributed by atoms with Crippen molar-refractivity contribution in [2.75, 3.05) is 11.9 Å². The van der Waals surface area contributed by atoms with E-state index in [1.807, 2.05) is 0 Å². The maximum atomic E-state index is 13.7. The average molecular weight is 410 g/mol. The number of nitrogens with one attached hydrogen (secondary N) is 1. The van der Waals surface area contributed by atoms with Gasteiger partial charge in [0, 0.05) is 12.1 Å². The fraction of sp³-hybridized carbons (Fsp3) is 0.409. The molecule has 8 heteroatoms. The van der Waals surface area contributed by atoms with E-state index in [9.17, 15) is 14.3 Å². The number of likely N-dealkylation sites (tertiary alicyclic amines) is 1. The van der Waals surface area contributed by atoms with E-state index in [1.54, 1.807) is 24.0 Å². The maximum absolute atomic E-state index is 13.7. The second-order valence-corrected chi connectivity index (χ2v) is 8.47. The van der Waals surface area contributed by atoms with Crippen LogP contribution in [0.25, 0.3) is 11.1 Å². The highest BCUT2D eigenvalue weighted by atomic mass is 19.1. The molecule has 1 amide bonds. The van der Waals surface area contributed by atoms with Crippen molar-refractivity contribution in [3.05, 3.63) is 53.3 Å². The van der Waals surface area contributed by atoms with Crippen LogP contribution < -0.4 is 5.32 Å². The quantitative estimate of drug-likeness (QED) is 0.683. The number of halogens is 1. The first-order valence-corrected chi connectivity index (χ1v) is 10.1. The Balaban J connectivity index is 1.57. The Bertz CT molecular complexity index is 1120. The highest BCUT2D eigenvalue weighted by molar-refractivity contribution is 6.10. The summed E-state index contributed by atoms with van der Waals surface area (Å²) in [6.45, 7) is 4.23. The minimum absolute atomic E-state index is 0.0345. The van der Waals surface area contributed by atoms with Gasteiger partial charge >= 0.3 is 0 Å². The van der Waals surface area contributed by atoms with Gasteiger partial charge in [-0.15, -0.1) is 0 Å². The number of aliphatic hydroxyl groups is 1. The SMILES string of the molecule is Cc1oc2ncnc(NC3(C)CC3)c2c1C(=O)N1CCC(O)C1c1ccc(F)cc1. The van der Waals surface area contributed by atoms with Gasteiger partial charge < -0.3 is 19.7 Å². The number of hydrogen-bond acceptors (Lipinski definition) is 6. The molecule has 2 fully saturated rings. The number of rotatable bonds is 4. The molecule has 5 rings (SSSR count). The van der Waals surface area contributed by atoms with Crippen molar-refractivity contribution in [3.63, 3.8) is 0 Å². The van der Waals surface area contributed by atoms with Crippen LogP contribution in [0.3, 0.4) is 0 Å². The van der Waals surface area contributed by atoms with Gasteiger partial charge in [-0.3, -0.25) is 4.79 Å². The monoisotopic (exact) mass is 410 g/mol. The molecule has 7 nitrogen and oxygen atoms in total. The topological polar surface area (TPSA) is 91.5 Å². The molecule has 1 saturated carbocycles. The molecular formula is C22H23FN4O3. The summed E-state index contributed by atoms with van der Waals surface area (Å²) in [7, 11) is 0. The maximum Gasteiger partial charge on any atom is 0.258 e. The zero-order chi connectivity index (χ0) is 21.0. The molecule has 2 unspecified atom stereocenters. The van der Waals surface area contributed by atoms with Crippen LogP contribution in [0.5, 0.6) is 0 Å². The third-order valence-corrected chi connectivity index (χ3v) is 6.14. The predicted molar refractivity (Wildman–Crippen MR) is 109 cm³/mol. The van der Waals surface area contributed by atoms with Gasteiger partial charge in [-0.1, -0.05) is 12.1 Å². The summed E-state index contributed by atoms with van der Waals surface area (Å²) < 4.78 is 19.2. The van der Waals surface area contributed by atoms with Crippen LogP contribution in [-0.2, 0) is 0 Å². The molecule has 0 spiro atoms. The average Bonchev–Trinajstić information content (AvgIpc) is 3.15. The Labute approximate surface area is 172 Å². The number of aliphatic hydroxyl groups excluding tert-OH is 1. The summed E-state index contributed by atoms with van der Waals surface area (Å²) in [6, 6.07) is 5.35. The van der Waals surface area contributed by atoms with Crippen molar-refractivity contribution >= 4 is 22.8 Å². The standard InChI is InChI=1S/C22H23FN4O3/c1-12-16(17-19(26-22(2)8-9-22)24-11-25-20(17)30-12)21(29)27-10-7-15(28)18(27)13-3-5-14(23)6-4-13/h3-6,11,15,18,28H,7-10H2,1-2H3,(H,24,25,26). The molecule has 2 atom stereocenters. The Morgan fingerprint density at radius 2 is 2.03 bits per heavy atom. The Morgan fingerprint density at radius 3 is 2.73 bits per heavy atom. The third kappa shape index (κ3) is 3.11. The van der Waals surface area contributed by atoms with Crippen LogP contribution in [0, 0.1) is 12.7 Å². The molecule has 0 radical (unpaired) electrons. The van der Waals surface area contributed by atoms with Crippen LogP contribution in [0.1, 0.15) is 53.9 Å². The molecule has 2 aliphatic rings. The van der Waals surface area contributed by atoms with Gasteiger partial charge in [0.1, 0.15) is 23.7 Å². The summed E-state index contributed by atoms with van der Waals surface area (Å²) in [6.07, 6.45) is 3.21. The lowest BCUT2D eigenvalue weighted by atomic mass is 10.0. The van der Waals surface area contributed by atoms with Gasteiger partial charge in [0.15, 0.2) is 0 Å². The van der Waals surface area contributed by atoms with Gasteiger partial charge in [0.2, 0.25) is 5.71 Å². The summed E-state index contributed by atoms with van der Waals surface area (Å²) in [5.74, 6) is 0.426. The van der Waals surface area contributed by atoms with E-state index in [0.717, 1.165) is 12.8 Å². The Morgan fingerprint density at radius 1 is 1.30 bits per heavy atom. The van der Waals surface area contributed by atoms with Crippen LogP contribution in [-0.4, -0.2) is 44.1 Å². The molecule has 3 heterocycles. The smallest absolute Gasteiger partial charge is 0.258 e.